The molecule has 0 saturated carbocycles. The molecule has 1 N–H and O–H groups in total. The summed E-state index contributed by atoms with van der Waals surface area (Å²) in [6.07, 6.45) is 5.39. The molecule has 5 heteroatoms. The standard InChI is InChI=1S/C23H25FN4/c24-20-5-3-6-21(15-20)28-12-10-27(11-13-28)9-2-1-4-19-17-26-23-8-7-18(16-25)14-22(19)23/h3,5-8,14-15,17,26H,1-2,4,9-13H2. The fraction of sp³-hybridized carbons (Fsp3) is 0.348. The number of hydrogen-bond acceptors (Lipinski definition) is 3. The number of aryl methyl sites for hydroxylation is 1. The molecule has 3 aromatic rings. The molecule has 28 heavy (non-hydrogen) atoms. The number of anilines is 1. The average Bonchev–Trinajstić information content (AvgIpc) is 3.14. The third-order valence-corrected chi connectivity index (χ3v) is 5.61. The lowest BCUT2D eigenvalue weighted by Gasteiger charge is -2.36. The Morgan fingerprint density at radius 3 is 2.68 bits per heavy atom. The van der Waals surface area contributed by atoms with Crippen LogP contribution < -0.4 is 4.90 Å². The van der Waals surface area contributed by atoms with Gasteiger partial charge in [-0.1, -0.05) is 6.07 Å². The van der Waals surface area contributed by atoms with Gasteiger partial charge < -0.3 is 9.88 Å². The number of fused-ring (bicyclic) bond motifs is 1. The van der Waals surface area contributed by atoms with Gasteiger partial charge in [0.1, 0.15) is 5.82 Å². The Balaban J connectivity index is 1.23. The highest BCUT2D eigenvalue weighted by molar-refractivity contribution is 5.84. The molecule has 144 valence electrons. The summed E-state index contributed by atoms with van der Waals surface area (Å²) in [7, 11) is 0. The van der Waals surface area contributed by atoms with Crippen LogP contribution >= 0.6 is 0 Å². The van der Waals surface area contributed by atoms with Gasteiger partial charge in [0.15, 0.2) is 0 Å². The topological polar surface area (TPSA) is 46.1 Å². The lowest BCUT2D eigenvalue weighted by atomic mass is 10.1. The van der Waals surface area contributed by atoms with Crippen molar-refractivity contribution in [2.45, 2.75) is 19.3 Å². The van der Waals surface area contributed by atoms with Crippen molar-refractivity contribution >= 4 is 16.6 Å². The predicted octanol–water partition coefficient (Wildman–Crippen LogP) is 4.32. The van der Waals surface area contributed by atoms with Gasteiger partial charge in [-0.3, -0.25) is 4.90 Å². The van der Waals surface area contributed by atoms with E-state index in [-0.39, 0.29) is 5.82 Å². The number of H-pyrrole nitrogens is 1. The van der Waals surface area contributed by atoms with Crippen LogP contribution in [0.1, 0.15) is 24.0 Å². The van der Waals surface area contributed by atoms with Crippen molar-refractivity contribution in [1.29, 1.82) is 5.26 Å². The number of nitrogens with one attached hydrogen (secondary N) is 1. The van der Waals surface area contributed by atoms with Gasteiger partial charge in [-0.25, -0.2) is 4.39 Å². The number of unbranched alkanes of at least 4 members (excludes halogenated alkanes) is 1. The summed E-state index contributed by atoms with van der Waals surface area (Å²) in [6, 6.07) is 14.9. The van der Waals surface area contributed by atoms with Crippen LogP contribution in [0.2, 0.25) is 0 Å². The van der Waals surface area contributed by atoms with E-state index in [1.807, 2.05) is 24.3 Å². The van der Waals surface area contributed by atoms with Crippen molar-refractivity contribution in [3.8, 4) is 6.07 Å². The highest BCUT2D eigenvalue weighted by Gasteiger charge is 2.17. The van der Waals surface area contributed by atoms with Gasteiger partial charge in [-0.15, -0.1) is 0 Å². The van der Waals surface area contributed by atoms with Crippen molar-refractivity contribution in [2.24, 2.45) is 0 Å². The maximum Gasteiger partial charge on any atom is 0.125 e. The van der Waals surface area contributed by atoms with E-state index in [0.717, 1.165) is 63.2 Å². The number of rotatable bonds is 6. The van der Waals surface area contributed by atoms with E-state index in [0.29, 0.717) is 5.56 Å². The highest BCUT2D eigenvalue weighted by Crippen LogP contribution is 2.22. The molecular weight excluding hydrogens is 351 g/mol. The Morgan fingerprint density at radius 2 is 1.89 bits per heavy atom. The van der Waals surface area contributed by atoms with Gasteiger partial charge >= 0.3 is 0 Å². The molecule has 0 atom stereocenters. The van der Waals surface area contributed by atoms with E-state index >= 15 is 0 Å². The van der Waals surface area contributed by atoms with E-state index in [1.54, 1.807) is 12.1 Å². The molecule has 2 aromatic carbocycles. The van der Waals surface area contributed by atoms with E-state index in [1.165, 1.54) is 17.0 Å². The van der Waals surface area contributed by atoms with Crippen LogP contribution in [0.4, 0.5) is 10.1 Å². The summed E-state index contributed by atoms with van der Waals surface area (Å²) in [4.78, 5) is 8.06. The molecule has 1 aromatic heterocycles. The first-order valence-corrected chi connectivity index (χ1v) is 9.96. The van der Waals surface area contributed by atoms with E-state index in [2.05, 4.69) is 27.0 Å². The van der Waals surface area contributed by atoms with Crippen LogP contribution in [-0.2, 0) is 6.42 Å². The number of benzene rings is 2. The maximum atomic E-state index is 13.4. The van der Waals surface area contributed by atoms with Gasteiger partial charge in [-0.2, -0.15) is 5.26 Å². The Bertz CT molecular complexity index is 980. The summed E-state index contributed by atoms with van der Waals surface area (Å²) in [5, 5.41) is 10.3. The molecule has 0 unspecified atom stereocenters. The second-order valence-electron chi connectivity index (χ2n) is 7.45. The summed E-state index contributed by atoms with van der Waals surface area (Å²) in [5.74, 6) is -0.167. The fourth-order valence-electron chi connectivity index (χ4n) is 4.01. The SMILES string of the molecule is N#Cc1ccc2[nH]cc(CCCCN3CCN(c4cccc(F)c4)CC3)c2c1. The van der Waals surface area contributed by atoms with Gasteiger partial charge in [0.2, 0.25) is 0 Å². The zero-order valence-electron chi connectivity index (χ0n) is 16.0. The third-order valence-electron chi connectivity index (χ3n) is 5.61. The van der Waals surface area contributed by atoms with Gasteiger partial charge in [0.05, 0.1) is 11.6 Å². The third kappa shape index (κ3) is 4.18. The van der Waals surface area contributed by atoms with Crippen molar-refractivity contribution < 1.29 is 4.39 Å². The number of halogens is 1. The first-order valence-electron chi connectivity index (χ1n) is 9.96. The molecule has 2 heterocycles. The first-order chi connectivity index (χ1) is 13.7. The van der Waals surface area contributed by atoms with E-state index < -0.39 is 0 Å². The minimum absolute atomic E-state index is 0.167. The molecule has 0 aliphatic carbocycles. The van der Waals surface area contributed by atoms with Crippen LogP contribution in [0.3, 0.4) is 0 Å². The van der Waals surface area contributed by atoms with Crippen LogP contribution in [0.25, 0.3) is 10.9 Å². The van der Waals surface area contributed by atoms with Crippen molar-refractivity contribution in [3.05, 3.63) is 65.6 Å². The average molecular weight is 376 g/mol. The molecule has 1 aliphatic rings. The molecular formula is C23H25FN4. The largest absolute Gasteiger partial charge is 0.369 e. The lowest BCUT2D eigenvalue weighted by molar-refractivity contribution is 0.253. The Morgan fingerprint density at radius 1 is 1.04 bits per heavy atom. The number of nitriles is 1. The Kier molecular flexibility index (Phi) is 5.59. The molecule has 1 fully saturated rings. The zero-order valence-corrected chi connectivity index (χ0v) is 16.0. The maximum absolute atomic E-state index is 13.4. The first kappa shape index (κ1) is 18.5. The summed E-state index contributed by atoms with van der Waals surface area (Å²) < 4.78 is 13.4. The molecule has 0 radical (unpaired) electrons. The van der Waals surface area contributed by atoms with E-state index in [4.69, 9.17) is 5.26 Å². The normalized spacial score (nSPS) is 15.1. The quantitative estimate of drug-likeness (QED) is 0.652. The second-order valence-corrected chi connectivity index (χ2v) is 7.45. The minimum Gasteiger partial charge on any atom is -0.369 e. The lowest BCUT2D eigenvalue weighted by Crippen LogP contribution is -2.46. The number of nitrogens with zero attached hydrogens (tertiary/aromatic N) is 3. The molecule has 0 spiro atoms. The monoisotopic (exact) mass is 376 g/mol. The number of aromatic nitrogens is 1. The molecule has 1 saturated heterocycles. The minimum atomic E-state index is -0.167. The van der Waals surface area contributed by atoms with Gasteiger partial charge in [0, 0.05) is 49.0 Å². The van der Waals surface area contributed by atoms with Crippen LogP contribution in [0.5, 0.6) is 0 Å². The molecule has 4 rings (SSSR count). The van der Waals surface area contributed by atoms with Crippen LogP contribution in [0.15, 0.2) is 48.7 Å². The smallest absolute Gasteiger partial charge is 0.125 e. The predicted molar refractivity (Wildman–Crippen MR) is 111 cm³/mol. The summed E-state index contributed by atoms with van der Waals surface area (Å²) in [5.41, 5.74) is 4.09. The number of piperazine rings is 1. The summed E-state index contributed by atoms with van der Waals surface area (Å²) >= 11 is 0. The Hall–Kier alpha value is -2.84. The van der Waals surface area contributed by atoms with Gasteiger partial charge in [0.25, 0.3) is 0 Å². The van der Waals surface area contributed by atoms with Crippen molar-refractivity contribution in [1.82, 2.24) is 9.88 Å². The molecule has 0 amide bonds. The van der Waals surface area contributed by atoms with Crippen LogP contribution in [0, 0.1) is 17.1 Å². The second kappa shape index (κ2) is 8.45. The van der Waals surface area contributed by atoms with Crippen LogP contribution in [-0.4, -0.2) is 42.6 Å². The zero-order chi connectivity index (χ0) is 19.3. The fourth-order valence-corrected chi connectivity index (χ4v) is 4.01. The molecule has 1 aliphatic heterocycles. The number of hydrogen-bond donors (Lipinski definition) is 1. The van der Waals surface area contributed by atoms with Crippen molar-refractivity contribution in [3.63, 3.8) is 0 Å². The molecule has 0 bridgehead atoms. The van der Waals surface area contributed by atoms with E-state index in [9.17, 15) is 4.39 Å². The molecule has 4 nitrogen and oxygen atoms in total. The highest BCUT2D eigenvalue weighted by atomic mass is 19.1. The van der Waals surface area contributed by atoms with Gasteiger partial charge in [-0.05, 0) is 67.8 Å². The van der Waals surface area contributed by atoms with Crippen molar-refractivity contribution in [2.75, 3.05) is 37.6 Å². The summed E-state index contributed by atoms with van der Waals surface area (Å²) in [6.45, 7) is 5.04. The Labute approximate surface area is 165 Å². The number of aromatic amines is 1.